The lowest BCUT2D eigenvalue weighted by Crippen LogP contribution is -2.61. The third-order valence-corrected chi connectivity index (χ3v) is 6.88. The van der Waals surface area contributed by atoms with E-state index in [1.165, 1.54) is 16.2 Å². The Kier molecular flexibility index (Phi) is 5.36. The van der Waals surface area contributed by atoms with Gasteiger partial charge in [-0.25, -0.2) is 0 Å². The lowest BCUT2D eigenvalue weighted by Gasteiger charge is -2.32. The fourth-order valence-electron chi connectivity index (χ4n) is 4.97. The Morgan fingerprint density at radius 2 is 0.583 bits per heavy atom. The van der Waals surface area contributed by atoms with Gasteiger partial charge in [0.25, 0.3) is 0 Å². The van der Waals surface area contributed by atoms with Gasteiger partial charge >= 0.3 is 21.4 Å². The van der Waals surface area contributed by atoms with Crippen molar-refractivity contribution < 1.29 is 13.7 Å². The van der Waals surface area contributed by atoms with Crippen molar-refractivity contribution >= 4 is 70.1 Å². The summed E-state index contributed by atoms with van der Waals surface area (Å²) in [4.78, 5) is 0. The summed E-state index contributed by atoms with van der Waals surface area (Å²) in [5, 5.41) is 7.01. The molecule has 6 aromatic rings. The van der Waals surface area contributed by atoms with Gasteiger partial charge < -0.3 is 13.7 Å². The highest BCUT2D eigenvalue weighted by Gasteiger charge is 2.43. The van der Waals surface area contributed by atoms with Gasteiger partial charge in [0.2, 0.25) is 0 Å². The van der Waals surface area contributed by atoms with E-state index in [0.29, 0.717) is 0 Å². The molecule has 0 spiro atoms. The minimum absolute atomic E-state index is 0.573. The molecule has 0 N–H and O–H groups in total. The summed E-state index contributed by atoms with van der Waals surface area (Å²) >= 11 is 0. The molecule has 6 aromatic carbocycles. The molecule has 0 atom stereocenters. The van der Waals surface area contributed by atoms with Gasteiger partial charge in [0, 0.05) is 0 Å². The third kappa shape index (κ3) is 4.00. The molecule has 3 nitrogen and oxygen atoms in total. The SMILES string of the molecule is c1ccc2cc(B3OB(c4ccc5ccccc5c4)OB(c4ccc5ccccc5c4)O3)ccc2c1. The molecule has 168 valence electrons. The van der Waals surface area contributed by atoms with Crippen LogP contribution in [-0.4, -0.2) is 21.4 Å². The predicted octanol–water partition coefficient (Wildman–Crippen LogP) is 4.70. The van der Waals surface area contributed by atoms with E-state index < -0.39 is 21.4 Å². The Bertz CT molecular complexity index is 1510. The van der Waals surface area contributed by atoms with Crippen LogP contribution in [0.5, 0.6) is 0 Å². The molecule has 0 radical (unpaired) electrons. The third-order valence-electron chi connectivity index (χ3n) is 6.88. The van der Waals surface area contributed by atoms with Gasteiger partial charge in [0.1, 0.15) is 0 Å². The molecule has 7 rings (SSSR count). The topological polar surface area (TPSA) is 27.7 Å². The van der Waals surface area contributed by atoms with Crippen LogP contribution < -0.4 is 16.4 Å². The molecule has 0 bridgehead atoms. The summed E-state index contributed by atoms with van der Waals surface area (Å²) in [6, 6.07) is 44.0. The van der Waals surface area contributed by atoms with E-state index in [1.807, 2.05) is 18.2 Å². The van der Waals surface area contributed by atoms with Gasteiger partial charge in [-0.05, 0) is 48.7 Å². The molecule has 1 aliphatic heterocycles. The second-order valence-electron chi connectivity index (χ2n) is 9.22. The zero-order chi connectivity index (χ0) is 23.9. The molecule has 0 saturated carbocycles. The van der Waals surface area contributed by atoms with Crippen LogP contribution in [0.4, 0.5) is 0 Å². The van der Waals surface area contributed by atoms with Crippen LogP contribution in [0, 0.1) is 0 Å². The molecular formula is C30H21B3O3. The second kappa shape index (κ2) is 9.00. The summed E-state index contributed by atoms with van der Waals surface area (Å²) in [6.45, 7) is 0. The van der Waals surface area contributed by atoms with Crippen LogP contribution >= 0.6 is 0 Å². The van der Waals surface area contributed by atoms with E-state index in [4.69, 9.17) is 13.7 Å². The maximum Gasteiger partial charge on any atom is 0.467 e. The second-order valence-corrected chi connectivity index (χ2v) is 9.22. The first kappa shape index (κ1) is 21.5. The van der Waals surface area contributed by atoms with Crippen LogP contribution in [-0.2, 0) is 13.7 Å². The molecule has 1 fully saturated rings. The summed E-state index contributed by atoms with van der Waals surface area (Å²) in [5.74, 6) is 0. The number of benzene rings is 6. The molecule has 1 aliphatic rings. The summed E-state index contributed by atoms with van der Waals surface area (Å²) in [5.41, 5.74) is 2.90. The van der Waals surface area contributed by atoms with Crippen LogP contribution in [0.25, 0.3) is 32.3 Å². The monoisotopic (exact) mass is 462 g/mol. The van der Waals surface area contributed by atoms with Crippen molar-refractivity contribution in [1.29, 1.82) is 0 Å². The van der Waals surface area contributed by atoms with Crippen molar-refractivity contribution in [1.82, 2.24) is 0 Å². The largest absolute Gasteiger partial charge is 0.467 e. The van der Waals surface area contributed by atoms with Crippen LogP contribution in [0.2, 0.25) is 0 Å². The molecule has 6 heteroatoms. The molecular weight excluding hydrogens is 441 g/mol. The van der Waals surface area contributed by atoms with Crippen molar-refractivity contribution in [3.63, 3.8) is 0 Å². The molecule has 1 saturated heterocycles. The normalized spacial score (nSPS) is 14.2. The molecule has 36 heavy (non-hydrogen) atoms. The average molecular weight is 462 g/mol. The quantitative estimate of drug-likeness (QED) is 0.358. The molecule has 0 aromatic heterocycles. The van der Waals surface area contributed by atoms with Crippen molar-refractivity contribution in [2.45, 2.75) is 0 Å². The summed E-state index contributed by atoms with van der Waals surface area (Å²) in [6.07, 6.45) is 0. The standard InChI is InChI=1S/C30H21B3O3/c1-4-10-25-19-28(16-13-22(25)7-1)31-34-32(29-17-14-23-8-2-5-11-26(23)20-29)36-33(35-31)30-18-15-24-9-3-6-12-27(24)21-30/h1-21H. The smallest absolute Gasteiger partial charge is 0.445 e. The minimum atomic E-state index is -0.573. The fraction of sp³-hybridized carbons (Fsp3) is 0. The van der Waals surface area contributed by atoms with E-state index in [9.17, 15) is 0 Å². The van der Waals surface area contributed by atoms with Gasteiger partial charge in [-0.1, -0.05) is 127 Å². The molecule has 0 amide bonds. The van der Waals surface area contributed by atoms with E-state index in [-0.39, 0.29) is 0 Å². The lowest BCUT2D eigenvalue weighted by molar-refractivity contribution is 0.308. The number of hydrogen-bond donors (Lipinski definition) is 0. The van der Waals surface area contributed by atoms with Gasteiger partial charge in [0.15, 0.2) is 0 Å². The van der Waals surface area contributed by atoms with E-state index in [2.05, 4.69) is 109 Å². The van der Waals surface area contributed by atoms with Gasteiger partial charge in [-0.15, -0.1) is 0 Å². The lowest BCUT2D eigenvalue weighted by atomic mass is 9.61. The summed E-state index contributed by atoms with van der Waals surface area (Å²) < 4.78 is 19.4. The van der Waals surface area contributed by atoms with Gasteiger partial charge in [0.05, 0.1) is 0 Å². The Labute approximate surface area is 211 Å². The van der Waals surface area contributed by atoms with E-state index >= 15 is 0 Å². The molecule has 1 heterocycles. The Hall–Kier alpha value is -3.83. The van der Waals surface area contributed by atoms with Gasteiger partial charge in [-0.3, -0.25) is 0 Å². The van der Waals surface area contributed by atoms with Crippen molar-refractivity contribution in [3.05, 3.63) is 127 Å². The zero-order valence-electron chi connectivity index (χ0n) is 19.6. The first-order valence-corrected chi connectivity index (χ1v) is 12.2. The molecule has 0 aliphatic carbocycles. The highest BCUT2D eigenvalue weighted by molar-refractivity contribution is 6.87. The zero-order valence-corrected chi connectivity index (χ0v) is 19.6. The first-order chi connectivity index (χ1) is 17.8. The first-order valence-electron chi connectivity index (χ1n) is 12.2. The average Bonchev–Trinajstić information content (AvgIpc) is 2.96. The van der Waals surface area contributed by atoms with Crippen molar-refractivity contribution in [2.24, 2.45) is 0 Å². The van der Waals surface area contributed by atoms with Crippen molar-refractivity contribution in [2.75, 3.05) is 0 Å². The summed E-state index contributed by atoms with van der Waals surface area (Å²) in [7, 11) is -1.72. The highest BCUT2D eigenvalue weighted by atomic mass is 16.7. The Balaban J connectivity index is 1.30. The number of rotatable bonds is 3. The maximum atomic E-state index is 6.45. The molecule has 0 unspecified atom stereocenters. The fourth-order valence-corrected chi connectivity index (χ4v) is 4.97. The van der Waals surface area contributed by atoms with E-state index in [1.54, 1.807) is 0 Å². The minimum Gasteiger partial charge on any atom is -0.445 e. The Morgan fingerprint density at radius 3 is 0.889 bits per heavy atom. The van der Waals surface area contributed by atoms with Crippen LogP contribution in [0.15, 0.2) is 127 Å². The van der Waals surface area contributed by atoms with E-state index in [0.717, 1.165) is 32.5 Å². The van der Waals surface area contributed by atoms with Crippen LogP contribution in [0.1, 0.15) is 0 Å². The predicted molar refractivity (Wildman–Crippen MR) is 151 cm³/mol. The number of fused-ring (bicyclic) bond motifs is 3. The highest BCUT2D eigenvalue weighted by Crippen LogP contribution is 2.18. The van der Waals surface area contributed by atoms with Crippen molar-refractivity contribution in [3.8, 4) is 0 Å². The van der Waals surface area contributed by atoms with Gasteiger partial charge in [-0.2, -0.15) is 0 Å². The Morgan fingerprint density at radius 1 is 0.306 bits per heavy atom. The number of hydrogen-bond acceptors (Lipinski definition) is 3. The van der Waals surface area contributed by atoms with Crippen LogP contribution in [0.3, 0.4) is 0 Å². The maximum absolute atomic E-state index is 6.45.